The average molecular weight is 359 g/mol. The van der Waals surface area contributed by atoms with Gasteiger partial charge in [0.2, 0.25) is 0 Å². The van der Waals surface area contributed by atoms with Crippen LogP contribution >= 0.6 is 0 Å². The van der Waals surface area contributed by atoms with Crippen molar-refractivity contribution in [2.45, 2.75) is 0 Å². The van der Waals surface area contributed by atoms with Crippen LogP contribution in [0.15, 0.2) is 69.0 Å². The minimum Gasteiger partial charge on any atom is -0.506 e. The second kappa shape index (κ2) is 5.07. The molecule has 1 N–H and O–H groups in total. The van der Waals surface area contributed by atoms with Crippen molar-refractivity contribution in [1.82, 2.24) is 13.4 Å². The van der Waals surface area contributed by atoms with Gasteiger partial charge in [0, 0.05) is 7.05 Å². The highest BCUT2D eigenvalue weighted by atomic mass is 16.3. The predicted octanol–water partition coefficient (Wildman–Crippen LogP) is 1.57. The fraction of sp³-hybridized carbons (Fsp3) is 0.0500. The lowest BCUT2D eigenvalue weighted by Gasteiger charge is -2.10. The summed E-state index contributed by atoms with van der Waals surface area (Å²) in [6.45, 7) is 0. The Morgan fingerprint density at radius 2 is 1.37 bits per heavy atom. The van der Waals surface area contributed by atoms with Crippen LogP contribution in [0.1, 0.15) is 0 Å². The lowest BCUT2D eigenvalue weighted by atomic mass is 10.0. The first-order valence-electron chi connectivity index (χ1n) is 8.31. The molecule has 7 heteroatoms. The minimum absolute atomic E-state index is 0.0297. The summed E-state index contributed by atoms with van der Waals surface area (Å²) >= 11 is 0. The molecule has 0 aliphatic rings. The van der Waals surface area contributed by atoms with Gasteiger partial charge in [0.15, 0.2) is 0 Å². The lowest BCUT2D eigenvalue weighted by molar-refractivity contribution is 0.481. The standard InChI is InChI=1S/C20H13N3O4/c1-21-18(25)15-16(24)14(11-7-3-2-4-8-11)19(26)22-12-9-5-6-10-13(12)23(17(15)22)20(21)27/h2-10,24H,1H3. The Kier molecular flexibility index (Phi) is 2.89. The third kappa shape index (κ3) is 1.77. The zero-order valence-corrected chi connectivity index (χ0v) is 14.2. The molecule has 7 nitrogen and oxygen atoms in total. The molecule has 0 saturated carbocycles. The first-order valence-corrected chi connectivity index (χ1v) is 8.31. The summed E-state index contributed by atoms with van der Waals surface area (Å²) in [6, 6.07) is 15.6. The van der Waals surface area contributed by atoms with Crippen LogP contribution in [0.5, 0.6) is 5.75 Å². The van der Waals surface area contributed by atoms with Crippen LogP contribution in [0.4, 0.5) is 0 Å². The summed E-state index contributed by atoms with van der Waals surface area (Å²) in [7, 11) is 1.35. The Balaban J connectivity index is 2.23. The molecule has 0 fully saturated rings. The third-order valence-electron chi connectivity index (χ3n) is 4.96. The second-order valence-electron chi connectivity index (χ2n) is 6.40. The monoisotopic (exact) mass is 359 g/mol. The quantitative estimate of drug-likeness (QED) is 0.492. The van der Waals surface area contributed by atoms with E-state index in [9.17, 15) is 19.5 Å². The Morgan fingerprint density at radius 1 is 0.778 bits per heavy atom. The van der Waals surface area contributed by atoms with Crippen molar-refractivity contribution in [2.75, 3.05) is 0 Å². The zero-order valence-electron chi connectivity index (χ0n) is 14.2. The van der Waals surface area contributed by atoms with E-state index in [1.807, 2.05) is 0 Å². The molecular weight excluding hydrogens is 346 g/mol. The number of hydrogen-bond acceptors (Lipinski definition) is 4. The van der Waals surface area contributed by atoms with Gasteiger partial charge in [-0.2, -0.15) is 0 Å². The molecule has 27 heavy (non-hydrogen) atoms. The molecule has 132 valence electrons. The van der Waals surface area contributed by atoms with Crippen molar-refractivity contribution >= 4 is 22.1 Å². The van der Waals surface area contributed by atoms with E-state index in [-0.39, 0.29) is 16.6 Å². The van der Waals surface area contributed by atoms with Crippen LogP contribution in [0, 0.1) is 0 Å². The highest BCUT2D eigenvalue weighted by Crippen LogP contribution is 2.32. The van der Waals surface area contributed by atoms with Gasteiger partial charge in [-0.25, -0.2) is 9.20 Å². The van der Waals surface area contributed by atoms with Crippen LogP contribution in [0.3, 0.4) is 0 Å². The number of pyridine rings is 1. The Hall–Kier alpha value is -3.87. The van der Waals surface area contributed by atoms with Crippen LogP contribution in [-0.4, -0.2) is 18.5 Å². The fourth-order valence-corrected chi connectivity index (χ4v) is 3.70. The Labute approximate surface area is 150 Å². The smallest absolute Gasteiger partial charge is 0.337 e. The lowest BCUT2D eigenvalue weighted by Crippen LogP contribution is -2.36. The van der Waals surface area contributed by atoms with Gasteiger partial charge in [-0.3, -0.25) is 18.6 Å². The maximum Gasteiger partial charge on any atom is 0.337 e. The molecule has 0 amide bonds. The van der Waals surface area contributed by atoms with Crippen molar-refractivity contribution in [1.29, 1.82) is 0 Å². The van der Waals surface area contributed by atoms with E-state index in [1.54, 1.807) is 54.6 Å². The van der Waals surface area contributed by atoms with Crippen molar-refractivity contribution in [3.8, 4) is 16.9 Å². The normalized spacial score (nSPS) is 11.7. The molecule has 0 saturated heterocycles. The van der Waals surface area contributed by atoms with Crippen molar-refractivity contribution < 1.29 is 5.11 Å². The summed E-state index contributed by atoms with van der Waals surface area (Å²) in [5.41, 5.74) is -0.113. The van der Waals surface area contributed by atoms with E-state index >= 15 is 0 Å². The second-order valence-corrected chi connectivity index (χ2v) is 6.40. The molecule has 0 aliphatic heterocycles. The van der Waals surface area contributed by atoms with Gasteiger partial charge in [-0.1, -0.05) is 42.5 Å². The number of para-hydroxylation sites is 2. The number of hydrogen-bond donors (Lipinski definition) is 1. The first kappa shape index (κ1) is 15.4. The number of rotatable bonds is 1. The number of nitrogens with zero attached hydrogens (tertiary/aromatic N) is 3. The molecule has 0 aliphatic carbocycles. The maximum absolute atomic E-state index is 13.3. The van der Waals surface area contributed by atoms with E-state index in [2.05, 4.69) is 0 Å². The molecular formula is C20H13N3O4. The molecule has 0 bridgehead atoms. The van der Waals surface area contributed by atoms with Gasteiger partial charge < -0.3 is 5.11 Å². The van der Waals surface area contributed by atoms with Crippen LogP contribution < -0.4 is 16.8 Å². The fourth-order valence-electron chi connectivity index (χ4n) is 3.70. The van der Waals surface area contributed by atoms with Crippen LogP contribution in [0.25, 0.3) is 33.2 Å². The van der Waals surface area contributed by atoms with Gasteiger partial charge in [0.25, 0.3) is 11.1 Å². The SMILES string of the molecule is Cn1c(=O)c2c(O)c(-c3ccccc3)c(=O)n3c4ccccc4n(c1=O)c23. The summed E-state index contributed by atoms with van der Waals surface area (Å²) in [5, 5.41) is 10.8. The molecule has 3 aromatic heterocycles. The molecule has 3 heterocycles. The van der Waals surface area contributed by atoms with Gasteiger partial charge >= 0.3 is 5.69 Å². The molecule has 2 aromatic carbocycles. The van der Waals surface area contributed by atoms with Crippen LogP contribution in [0.2, 0.25) is 0 Å². The first-order chi connectivity index (χ1) is 13.0. The Bertz CT molecular complexity index is 1540. The van der Waals surface area contributed by atoms with Crippen molar-refractivity contribution in [2.24, 2.45) is 7.05 Å². The van der Waals surface area contributed by atoms with Gasteiger partial charge in [0.1, 0.15) is 16.8 Å². The summed E-state index contributed by atoms with van der Waals surface area (Å²) < 4.78 is 3.56. The number of aromatic nitrogens is 3. The Morgan fingerprint density at radius 3 is 2.04 bits per heavy atom. The van der Waals surface area contributed by atoms with E-state index in [0.29, 0.717) is 16.6 Å². The van der Waals surface area contributed by atoms with E-state index in [4.69, 9.17) is 0 Å². The number of fused-ring (bicyclic) bond motifs is 3. The number of imidazole rings is 1. The molecule has 0 radical (unpaired) electrons. The average Bonchev–Trinajstić information content (AvgIpc) is 3.02. The molecule has 5 aromatic rings. The van der Waals surface area contributed by atoms with E-state index < -0.39 is 22.6 Å². The molecule has 0 spiro atoms. The van der Waals surface area contributed by atoms with Crippen molar-refractivity contribution in [3.05, 3.63) is 85.8 Å². The molecule has 0 atom stereocenters. The predicted molar refractivity (Wildman–Crippen MR) is 102 cm³/mol. The highest BCUT2D eigenvalue weighted by Gasteiger charge is 2.25. The molecule has 0 unspecified atom stereocenters. The van der Waals surface area contributed by atoms with Gasteiger partial charge in [-0.15, -0.1) is 0 Å². The number of aromatic hydroxyl groups is 1. The van der Waals surface area contributed by atoms with Gasteiger partial charge in [-0.05, 0) is 17.7 Å². The van der Waals surface area contributed by atoms with Crippen LogP contribution in [-0.2, 0) is 7.05 Å². The summed E-state index contributed by atoms with van der Waals surface area (Å²) in [5.74, 6) is -0.417. The van der Waals surface area contributed by atoms with Crippen molar-refractivity contribution in [3.63, 3.8) is 0 Å². The summed E-state index contributed by atoms with van der Waals surface area (Å²) in [6.07, 6.45) is 0. The minimum atomic E-state index is -0.650. The number of benzene rings is 2. The van der Waals surface area contributed by atoms with Gasteiger partial charge in [0.05, 0.1) is 16.6 Å². The maximum atomic E-state index is 13.3. The zero-order chi connectivity index (χ0) is 18.9. The molecule has 5 rings (SSSR count). The topological polar surface area (TPSA) is 85.2 Å². The summed E-state index contributed by atoms with van der Waals surface area (Å²) in [4.78, 5) is 38.9. The third-order valence-corrected chi connectivity index (χ3v) is 4.96. The highest BCUT2D eigenvalue weighted by molar-refractivity contribution is 5.96. The van der Waals surface area contributed by atoms with E-state index in [1.165, 1.54) is 15.8 Å². The van der Waals surface area contributed by atoms with E-state index in [0.717, 1.165) is 4.57 Å². The largest absolute Gasteiger partial charge is 0.506 e.